The molecule has 3 aromatic carbocycles. The number of aryl methyl sites for hydroxylation is 1. The van der Waals surface area contributed by atoms with Crippen molar-refractivity contribution >= 4 is 57.7 Å². The molecule has 2 saturated heterocycles. The van der Waals surface area contributed by atoms with Crippen LogP contribution in [0.5, 0.6) is 0 Å². The van der Waals surface area contributed by atoms with E-state index < -0.39 is 10.8 Å². The van der Waals surface area contributed by atoms with Gasteiger partial charge < -0.3 is 19.9 Å². The quantitative estimate of drug-likeness (QED) is 0.251. The van der Waals surface area contributed by atoms with Crippen molar-refractivity contribution < 1.29 is 14.7 Å². The van der Waals surface area contributed by atoms with Gasteiger partial charge in [0.15, 0.2) is 0 Å². The van der Waals surface area contributed by atoms with Crippen molar-refractivity contribution in [3.8, 4) is 0 Å². The number of thioether (sulfide) groups is 1. The summed E-state index contributed by atoms with van der Waals surface area (Å²) in [5.41, 5.74) is 3.81. The summed E-state index contributed by atoms with van der Waals surface area (Å²) in [6.07, 6.45) is 2.00. The number of fused-ring (bicyclic) bond motifs is 1. The number of benzene rings is 3. The molecule has 2 atom stereocenters. The largest absolute Gasteiger partial charge is 0.395 e. The molecule has 0 spiro atoms. The Hall–Kier alpha value is -3.01. The minimum absolute atomic E-state index is 0.0398. The highest BCUT2D eigenvalue weighted by atomic mass is 35.5. The summed E-state index contributed by atoms with van der Waals surface area (Å²) >= 11 is 14.0. The summed E-state index contributed by atoms with van der Waals surface area (Å²) in [5, 5.41) is 11.6. The van der Waals surface area contributed by atoms with Crippen LogP contribution in [-0.4, -0.2) is 80.7 Å². The third-order valence-corrected chi connectivity index (χ3v) is 10.4. The van der Waals surface area contributed by atoms with E-state index in [-0.39, 0.29) is 24.8 Å². The van der Waals surface area contributed by atoms with Crippen molar-refractivity contribution in [2.24, 2.45) is 0 Å². The number of aliphatic hydroxyl groups is 1. The lowest BCUT2D eigenvalue weighted by molar-refractivity contribution is -0.136. The molecule has 4 aromatic rings. The molecule has 0 aliphatic carbocycles. The Morgan fingerprint density at radius 3 is 2.40 bits per heavy atom. The monoisotopic (exact) mass is 636 g/mol. The number of nitrogens with one attached hydrogen (secondary N) is 1. The zero-order valence-electron chi connectivity index (χ0n) is 23.9. The maximum atomic E-state index is 15.0. The van der Waals surface area contributed by atoms with Crippen LogP contribution in [0.1, 0.15) is 29.2 Å². The number of rotatable bonds is 8. The van der Waals surface area contributed by atoms with Crippen LogP contribution >= 0.6 is 35.0 Å². The van der Waals surface area contributed by atoms with Gasteiger partial charge >= 0.3 is 0 Å². The van der Waals surface area contributed by atoms with Crippen molar-refractivity contribution in [1.82, 2.24) is 19.7 Å². The predicted octanol–water partition coefficient (Wildman–Crippen LogP) is 5.92. The van der Waals surface area contributed by atoms with Gasteiger partial charge in [0.25, 0.3) is 0 Å². The lowest BCUT2D eigenvalue weighted by Gasteiger charge is -2.42. The second-order valence-electron chi connectivity index (χ2n) is 11.3. The molecule has 224 valence electrons. The van der Waals surface area contributed by atoms with Crippen LogP contribution < -0.4 is 0 Å². The van der Waals surface area contributed by atoms with Crippen LogP contribution in [-0.2, 0) is 16.1 Å². The van der Waals surface area contributed by atoms with E-state index >= 15 is 0 Å². The first kappa shape index (κ1) is 30.0. The first-order valence-electron chi connectivity index (χ1n) is 14.5. The second-order valence-corrected chi connectivity index (χ2v) is 13.6. The lowest BCUT2D eigenvalue weighted by Crippen LogP contribution is -2.56. The molecule has 0 saturated carbocycles. The molecule has 0 bridgehead atoms. The summed E-state index contributed by atoms with van der Waals surface area (Å²) in [6, 6.07) is 20.8. The number of hydrogen-bond donors (Lipinski definition) is 2. The molecule has 1 aromatic heterocycles. The topological polar surface area (TPSA) is 79.9 Å². The number of nitrogens with zero attached hydrogens (tertiary/aromatic N) is 3. The number of likely N-dealkylation sites (tertiary alicyclic amines) is 1. The predicted molar refractivity (Wildman–Crippen MR) is 173 cm³/mol. The highest BCUT2D eigenvalue weighted by molar-refractivity contribution is 8.01. The minimum atomic E-state index is -1.12. The normalized spacial score (nSPS) is 21.2. The van der Waals surface area contributed by atoms with Gasteiger partial charge in [0.1, 0.15) is 4.75 Å². The minimum Gasteiger partial charge on any atom is -0.395 e. The Kier molecular flexibility index (Phi) is 8.76. The molecular formula is C33H34Cl2N4O3S. The Bertz CT molecular complexity index is 1620. The molecule has 2 N–H and O–H groups in total. The number of β-amino-alcohol motifs (C(OH)–C–C–N with tert-alkyl or cyclic N) is 1. The zero-order chi connectivity index (χ0) is 30.1. The summed E-state index contributed by atoms with van der Waals surface area (Å²) < 4.78 is -1.12. The fourth-order valence-electron chi connectivity index (χ4n) is 6.28. The van der Waals surface area contributed by atoms with Crippen LogP contribution in [0.2, 0.25) is 10.0 Å². The SMILES string of the molecule is Cc1ccc(S[C@@]2(C(=O)N3CCN(CCO)CC3)CC(=O)N(Cc3ccc(Cl)cc3)[C@H]2c2c[nH]c3cc(Cl)ccc23)cc1. The molecule has 2 aliphatic heterocycles. The zero-order valence-corrected chi connectivity index (χ0v) is 26.3. The highest BCUT2D eigenvalue weighted by Gasteiger charge is 2.59. The fraction of sp³-hybridized carbons (Fsp3) is 0.333. The van der Waals surface area contributed by atoms with Crippen LogP contribution in [0.25, 0.3) is 10.9 Å². The number of H-pyrrole nitrogens is 1. The van der Waals surface area contributed by atoms with Gasteiger partial charge in [-0.05, 0) is 48.9 Å². The standard InChI is InChI=1S/C33H34Cl2N4O3S/c1-22-2-9-26(10-3-22)43-33(32(42)38-14-12-37(13-15-38)16-17-40)19-30(41)39(21-23-4-6-24(34)7-5-23)31(33)28-20-36-29-18-25(35)8-11-27(28)29/h2-11,18,20,31,36,40H,12-17,19,21H2,1H3/t31-,33-/m0/s1. The van der Waals surface area contributed by atoms with Crippen molar-refractivity contribution in [3.05, 3.63) is 99.7 Å². The molecule has 0 radical (unpaired) electrons. The number of carbonyl (C=O) groups excluding carboxylic acids is 2. The maximum absolute atomic E-state index is 15.0. The van der Waals surface area contributed by atoms with Crippen molar-refractivity contribution in [2.75, 3.05) is 39.3 Å². The Morgan fingerprint density at radius 2 is 1.70 bits per heavy atom. The Labute approximate surface area is 265 Å². The van der Waals surface area contributed by atoms with Gasteiger partial charge in [-0.25, -0.2) is 0 Å². The van der Waals surface area contributed by atoms with Gasteiger partial charge in [0, 0.05) is 76.9 Å². The number of halogens is 2. The van der Waals surface area contributed by atoms with E-state index in [1.165, 1.54) is 11.8 Å². The van der Waals surface area contributed by atoms with E-state index in [1.807, 2.05) is 89.7 Å². The van der Waals surface area contributed by atoms with Crippen LogP contribution in [0.15, 0.2) is 77.8 Å². The average Bonchev–Trinajstić information content (AvgIpc) is 3.53. The molecule has 10 heteroatoms. The summed E-state index contributed by atoms with van der Waals surface area (Å²) in [7, 11) is 0. The second kappa shape index (κ2) is 12.5. The lowest BCUT2D eigenvalue weighted by atomic mass is 9.90. The molecule has 2 amide bonds. The van der Waals surface area contributed by atoms with Crippen molar-refractivity contribution in [1.29, 1.82) is 0 Å². The van der Waals surface area contributed by atoms with Crippen molar-refractivity contribution in [2.45, 2.75) is 35.6 Å². The van der Waals surface area contributed by atoms with Crippen LogP contribution in [0, 0.1) is 6.92 Å². The molecular weight excluding hydrogens is 603 g/mol. The van der Waals surface area contributed by atoms with E-state index in [2.05, 4.69) is 9.88 Å². The van der Waals surface area contributed by atoms with Gasteiger partial charge in [0.05, 0.1) is 19.1 Å². The summed E-state index contributed by atoms with van der Waals surface area (Å²) in [6.45, 7) is 5.48. The van der Waals surface area contributed by atoms with E-state index in [1.54, 1.807) is 0 Å². The number of hydrogen-bond acceptors (Lipinski definition) is 5. The summed E-state index contributed by atoms with van der Waals surface area (Å²) in [4.78, 5) is 39.4. The fourth-order valence-corrected chi connectivity index (χ4v) is 8.05. The maximum Gasteiger partial charge on any atom is 0.242 e. The van der Waals surface area contributed by atoms with Crippen LogP contribution in [0.4, 0.5) is 0 Å². The number of aromatic amines is 1. The molecule has 7 nitrogen and oxygen atoms in total. The first-order chi connectivity index (χ1) is 20.8. The first-order valence-corrected chi connectivity index (χ1v) is 16.0. The summed E-state index contributed by atoms with van der Waals surface area (Å²) in [5.74, 6) is -0.114. The average molecular weight is 638 g/mol. The van der Waals surface area contributed by atoms with E-state index in [4.69, 9.17) is 23.2 Å². The highest BCUT2D eigenvalue weighted by Crippen LogP contribution is 2.55. The van der Waals surface area contributed by atoms with Crippen LogP contribution in [0.3, 0.4) is 0 Å². The van der Waals surface area contributed by atoms with E-state index in [0.29, 0.717) is 49.3 Å². The molecule has 2 aliphatic rings. The number of amides is 2. The van der Waals surface area contributed by atoms with Gasteiger partial charge in [0.2, 0.25) is 11.8 Å². The smallest absolute Gasteiger partial charge is 0.242 e. The Morgan fingerprint density at radius 1 is 1.00 bits per heavy atom. The third kappa shape index (κ3) is 6.04. The molecule has 3 heterocycles. The number of aromatic nitrogens is 1. The molecule has 43 heavy (non-hydrogen) atoms. The van der Waals surface area contributed by atoms with Gasteiger partial charge in [-0.1, -0.05) is 59.1 Å². The van der Waals surface area contributed by atoms with Gasteiger partial charge in [-0.3, -0.25) is 14.5 Å². The third-order valence-electron chi connectivity index (χ3n) is 8.48. The van der Waals surface area contributed by atoms with E-state index in [0.717, 1.165) is 32.5 Å². The van der Waals surface area contributed by atoms with Crippen molar-refractivity contribution in [3.63, 3.8) is 0 Å². The van der Waals surface area contributed by atoms with Gasteiger partial charge in [-0.2, -0.15) is 0 Å². The number of aliphatic hydroxyl groups excluding tert-OH is 1. The molecule has 2 fully saturated rings. The molecule has 6 rings (SSSR count). The molecule has 0 unspecified atom stereocenters. The number of carbonyl (C=O) groups is 2. The Balaban J connectivity index is 1.48. The number of piperazine rings is 1. The van der Waals surface area contributed by atoms with Gasteiger partial charge in [-0.15, -0.1) is 11.8 Å². The van der Waals surface area contributed by atoms with E-state index in [9.17, 15) is 14.7 Å².